The molecule has 168 valence electrons. The van der Waals surface area contributed by atoms with Gasteiger partial charge in [0.2, 0.25) is 0 Å². The number of fused-ring (bicyclic) bond motifs is 2. The maximum Gasteiger partial charge on any atom is 0.256 e. The monoisotopic (exact) mass is 464 g/mol. The van der Waals surface area contributed by atoms with Crippen LogP contribution in [0.5, 0.6) is 11.5 Å². The Hall–Kier alpha value is -3.51. The van der Waals surface area contributed by atoms with E-state index in [2.05, 4.69) is 4.98 Å². The predicted octanol–water partition coefficient (Wildman–Crippen LogP) is 5.77. The third-order valence-corrected chi connectivity index (χ3v) is 6.55. The maximum absolute atomic E-state index is 15.2. The molecule has 1 aromatic heterocycles. The topological polar surface area (TPSA) is 54.6 Å². The zero-order valence-corrected chi connectivity index (χ0v) is 18.9. The van der Waals surface area contributed by atoms with Crippen molar-refractivity contribution >= 4 is 28.4 Å². The quantitative estimate of drug-likeness (QED) is 0.417. The van der Waals surface area contributed by atoms with Gasteiger partial charge in [-0.25, -0.2) is 4.39 Å². The number of aromatic amines is 1. The van der Waals surface area contributed by atoms with Crippen LogP contribution in [0.1, 0.15) is 33.1 Å². The molecule has 4 aromatic rings. The number of aromatic nitrogens is 1. The normalized spacial score (nSPS) is 15.4. The van der Waals surface area contributed by atoms with Gasteiger partial charge in [0.25, 0.3) is 5.91 Å². The van der Waals surface area contributed by atoms with E-state index in [1.807, 2.05) is 30.3 Å². The Balaban J connectivity index is 1.72. The lowest BCUT2D eigenvalue weighted by Gasteiger charge is -2.38. The molecule has 1 aliphatic heterocycles. The van der Waals surface area contributed by atoms with E-state index < -0.39 is 11.9 Å². The SMILES string of the molecule is COc1cc2c(cc1OC)[C@@H](c1c(F)cccc1Cl)N(C(=O)c1cccc3cc[nH]c13)CC2. The summed E-state index contributed by atoms with van der Waals surface area (Å²) in [6.07, 6.45) is 2.39. The highest BCUT2D eigenvalue weighted by molar-refractivity contribution is 6.31. The summed E-state index contributed by atoms with van der Waals surface area (Å²) in [5.74, 6) is 0.430. The Morgan fingerprint density at radius 1 is 1.09 bits per heavy atom. The summed E-state index contributed by atoms with van der Waals surface area (Å²) < 4.78 is 26.2. The van der Waals surface area contributed by atoms with Crippen LogP contribution in [0.3, 0.4) is 0 Å². The second kappa shape index (κ2) is 8.45. The lowest BCUT2D eigenvalue weighted by molar-refractivity contribution is 0.0693. The molecule has 5 rings (SSSR count). The maximum atomic E-state index is 15.2. The molecule has 2 heterocycles. The average Bonchev–Trinajstić information content (AvgIpc) is 3.31. The standard InChI is InChI=1S/C26H22ClFN2O3/c1-32-21-13-16-10-12-30(26(31)17-6-3-5-15-9-11-29-24(15)17)25(18(16)14-22(21)33-2)23-19(27)7-4-8-20(23)28/h3-9,11,13-14,25,29H,10,12H2,1-2H3/t25-/m0/s1. The van der Waals surface area contributed by atoms with E-state index in [1.54, 1.807) is 43.5 Å². The number of hydrogen-bond acceptors (Lipinski definition) is 3. The number of methoxy groups -OCH3 is 2. The Morgan fingerprint density at radius 2 is 1.85 bits per heavy atom. The van der Waals surface area contributed by atoms with Crippen LogP contribution in [0, 0.1) is 5.82 Å². The molecular formula is C26H22ClFN2O3. The Bertz CT molecular complexity index is 1350. The second-order valence-corrected chi connectivity index (χ2v) is 8.35. The highest BCUT2D eigenvalue weighted by atomic mass is 35.5. The summed E-state index contributed by atoms with van der Waals surface area (Å²) in [5, 5.41) is 1.20. The minimum Gasteiger partial charge on any atom is -0.493 e. The average molecular weight is 465 g/mol. The number of nitrogens with zero attached hydrogens (tertiary/aromatic N) is 1. The minimum atomic E-state index is -0.722. The first kappa shape index (κ1) is 21.3. The van der Waals surface area contributed by atoms with E-state index in [1.165, 1.54) is 6.07 Å². The minimum absolute atomic E-state index is 0.201. The van der Waals surface area contributed by atoms with Gasteiger partial charge in [0.05, 0.1) is 31.3 Å². The van der Waals surface area contributed by atoms with Gasteiger partial charge in [0.15, 0.2) is 11.5 Å². The second-order valence-electron chi connectivity index (χ2n) is 7.94. The molecule has 0 unspecified atom stereocenters. The molecule has 1 N–H and O–H groups in total. The number of nitrogens with one attached hydrogen (secondary N) is 1. The van der Waals surface area contributed by atoms with Crippen LogP contribution in [0.15, 0.2) is 60.8 Å². The molecule has 0 saturated carbocycles. The van der Waals surface area contributed by atoms with Crippen LogP contribution < -0.4 is 9.47 Å². The fourth-order valence-electron chi connectivity index (χ4n) is 4.67. The number of H-pyrrole nitrogens is 1. The number of amides is 1. The van der Waals surface area contributed by atoms with Crippen molar-refractivity contribution in [1.29, 1.82) is 0 Å². The summed E-state index contributed by atoms with van der Waals surface area (Å²) in [6, 6.07) is 15.0. The van der Waals surface area contributed by atoms with Crippen molar-refractivity contribution < 1.29 is 18.7 Å². The molecule has 33 heavy (non-hydrogen) atoms. The third kappa shape index (κ3) is 3.51. The molecule has 3 aromatic carbocycles. The number of para-hydroxylation sites is 1. The van der Waals surface area contributed by atoms with E-state index in [-0.39, 0.29) is 16.5 Å². The largest absolute Gasteiger partial charge is 0.493 e. The van der Waals surface area contributed by atoms with Crippen LogP contribution in [0.4, 0.5) is 4.39 Å². The highest BCUT2D eigenvalue weighted by Crippen LogP contribution is 2.44. The van der Waals surface area contributed by atoms with Gasteiger partial charge in [-0.3, -0.25) is 4.79 Å². The van der Waals surface area contributed by atoms with Crippen LogP contribution in [-0.4, -0.2) is 36.6 Å². The molecule has 1 atom stereocenters. The van der Waals surface area contributed by atoms with E-state index in [0.29, 0.717) is 30.0 Å². The van der Waals surface area contributed by atoms with Crippen molar-refractivity contribution in [3.8, 4) is 11.5 Å². The Morgan fingerprint density at radius 3 is 2.61 bits per heavy atom. The number of hydrogen-bond donors (Lipinski definition) is 1. The molecule has 0 aliphatic carbocycles. The highest BCUT2D eigenvalue weighted by Gasteiger charge is 2.37. The third-order valence-electron chi connectivity index (χ3n) is 6.23. The van der Waals surface area contributed by atoms with E-state index in [4.69, 9.17) is 21.1 Å². The van der Waals surface area contributed by atoms with Crippen molar-refractivity contribution in [3.63, 3.8) is 0 Å². The molecule has 0 bridgehead atoms. The van der Waals surface area contributed by atoms with Crippen LogP contribution in [-0.2, 0) is 6.42 Å². The zero-order chi connectivity index (χ0) is 23.1. The first-order valence-corrected chi connectivity index (χ1v) is 11.0. The molecule has 1 aliphatic rings. The van der Waals surface area contributed by atoms with Gasteiger partial charge in [-0.15, -0.1) is 0 Å². The number of benzene rings is 3. The lowest BCUT2D eigenvalue weighted by Crippen LogP contribution is -2.41. The molecule has 0 spiro atoms. The zero-order valence-electron chi connectivity index (χ0n) is 18.2. The van der Waals surface area contributed by atoms with Crippen molar-refractivity contribution in [3.05, 3.63) is 93.9 Å². The van der Waals surface area contributed by atoms with E-state index >= 15 is 4.39 Å². The van der Waals surface area contributed by atoms with Crippen LogP contribution in [0.25, 0.3) is 10.9 Å². The lowest BCUT2D eigenvalue weighted by atomic mass is 9.86. The Labute approximate surface area is 195 Å². The van der Waals surface area contributed by atoms with Crippen LogP contribution in [0.2, 0.25) is 5.02 Å². The molecular weight excluding hydrogens is 443 g/mol. The number of carbonyl (C=O) groups is 1. The van der Waals surface area contributed by atoms with Gasteiger partial charge in [-0.2, -0.15) is 0 Å². The van der Waals surface area contributed by atoms with Crippen molar-refractivity contribution in [2.75, 3.05) is 20.8 Å². The van der Waals surface area contributed by atoms with Crippen molar-refractivity contribution in [2.45, 2.75) is 12.5 Å². The summed E-state index contributed by atoms with van der Waals surface area (Å²) in [4.78, 5) is 18.7. The summed E-state index contributed by atoms with van der Waals surface area (Å²) in [5.41, 5.74) is 3.26. The number of halogens is 2. The number of carbonyl (C=O) groups excluding carboxylic acids is 1. The van der Waals surface area contributed by atoms with Gasteiger partial charge >= 0.3 is 0 Å². The fourth-order valence-corrected chi connectivity index (χ4v) is 4.93. The van der Waals surface area contributed by atoms with Gasteiger partial charge in [0, 0.05) is 28.7 Å². The smallest absolute Gasteiger partial charge is 0.256 e. The van der Waals surface area contributed by atoms with E-state index in [9.17, 15) is 4.79 Å². The van der Waals surface area contributed by atoms with Gasteiger partial charge in [-0.1, -0.05) is 29.8 Å². The summed E-state index contributed by atoms with van der Waals surface area (Å²) in [7, 11) is 3.12. The van der Waals surface area contributed by atoms with Gasteiger partial charge < -0.3 is 19.4 Å². The van der Waals surface area contributed by atoms with Crippen molar-refractivity contribution in [2.24, 2.45) is 0 Å². The molecule has 1 amide bonds. The van der Waals surface area contributed by atoms with E-state index in [0.717, 1.165) is 22.0 Å². The summed E-state index contributed by atoms with van der Waals surface area (Å²) in [6.45, 7) is 0.397. The molecule has 0 saturated heterocycles. The Kier molecular flexibility index (Phi) is 5.46. The van der Waals surface area contributed by atoms with Gasteiger partial charge in [-0.05, 0) is 53.9 Å². The number of ether oxygens (including phenoxy) is 2. The van der Waals surface area contributed by atoms with Crippen LogP contribution >= 0.6 is 11.6 Å². The molecule has 7 heteroatoms. The first-order valence-electron chi connectivity index (χ1n) is 10.6. The molecule has 0 radical (unpaired) electrons. The first-order chi connectivity index (χ1) is 16.0. The summed E-state index contributed by atoms with van der Waals surface area (Å²) >= 11 is 6.52. The molecule has 0 fully saturated rings. The van der Waals surface area contributed by atoms with Crippen molar-refractivity contribution in [1.82, 2.24) is 9.88 Å². The fraction of sp³-hybridized carbons (Fsp3) is 0.192. The molecule has 5 nitrogen and oxygen atoms in total. The predicted molar refractivity (Wildman–Crippen MR) is 126 cm³/mol. The number of rotatable bonds is 4. The van der Waals surface area contributed by atoms with Gasteiger partial charge in [0.1, 0.15) is 5.82 Å².